The predicted octanol–water partition coefficient (Wildman–Crippen LogP) is 3.05. The van der Waals surface area contributed by atoms with Crippen molar-refractivity contribution in [2.75, 3.05) is 19.8 Å². The van der Waals surface area contributed by atoms with Crippen molar-refractivity contribution in [2.24, 2.45) is 0 Å². The largest absolute Gasteiger partial charge is 0.484 e. The fourth-order valence-corrected chi connectivity index (χ4v) is 3.48. The van der Waals surface area contributed by atoms with Crippen molar-refractivity contribution < 1.29 is 18.6 Å². The van der Waals surface area contributed by atoms with Gasteiger partial charge < -0.3 is 14.2 Å². The molecular weight excluding hydrogens is 349 g/mol. The topological polar surface area (TPSA) is 56.7 Å². The lowest BCUT2D eigenvalue weighted by atomic mass is 10.2. The zero-order valence-electron chi connectivity index (χ0n) is 15.9. The summed E-state index contributed by atoms with van der Waals surface area (Å²) in [5.41, 5.74) is 2.67. The Kier molecular flexibility index (Phi) is 4.86. The number of fused-ring (bicyclic) bond motifs is 1. The maximum Gasteiger partial charge on any atom is 0.257 e. The van der Waals surface area contributed by atoms with Gasteiger partial charge in [-0.25, -0.2) is 14.4 Å². The highest BCUT2D eigenvalue weighted by Gasteiger charge is 2.32. The van der Waals surface area contributed by atoms with Crippen LogP contribution in [0.5, 0.6) is 17.5 Å². The number of halogens is 1. The van der Waals surface area contributed by atoms with E-state index in [1.54, 1.807) is 0 Å². The van der Waals surface area contributed by atoms with Gasteiger partial charge in [-0.3, -0.25) is 4.90 Å². The zero-order valence-corrected chi connectivity index (χ0v) is 15.9. The van der Waals surface area contributed by atoms with Crippen LogP contribution in [0.1, 0.15) is 30.2 Å². The van der Waals surface area contributed by atoms with Gasteiger partial charge in [-0.2, -0.15) is 0 Å². The maximum atomic E-state index is 14.4. The highest BCUT2D eigenvalue weighted by Crippen LogP contribution is 2.31. The lowest BCUT2D eigenvalue weighted by Gasteiger charge is -2.22. The molecule has 0 unspecified atom stereocenters. The third-order valence-corrected chi connectivity index (χ3v) is 5.21. The molecule has 2 aliphatic rings. The maximum absolute atomic E-state index is 14.4. The highest BCUT2D eigenvalue weighted by atomic mass is 19.1. The van der Waals surface area contributed by atoms with Crippen molar-refractivity contribution in [1.82, 2.24) is 14.9 Å². The van der Waals surface area contributed by atoms with E-state index in [-0.39, 0.29) is 18.0 Å². The summed E-state index contributed by atoms with van der Waals surface area (Å²) in [5, 5.41) is 0. The number of likely N-dealkylation sites (tertiary alicyclic amines) is 1. The molecular formula is C20H24FN3O3. The van der Waals surface area contributed by atoms with Gasteiger partial charge in [-0.15, -0.1) is 0 Å². The van der Waals surface area contributed by atoms with Gasteiger partial charge in [-0.05, 0) is 31.9 Å². The summed E-state index contributed by atoms with van der Waals surface area (Å²) in [5.74, 6) is 1.02. The molecule has 0 amide bonds. The number of rotatable bonds is 4. The first-order chi connectivity index (χ1) is 13.0. The summed E-state index contributed by atoms with van der Waals surface area (Å²) in [6.07, 6.45) is 2.71. The van der Waals surface area contributed by atoms with Gasteiger partial charge in [0.1, 0.15) is 25.1 Å². The Morgan fingerprint density at radius 2 is 2.04 bits per heavy atom. The molecule has 0 bridgehead atoms. The number of hydrogen-bond acceptors (Lipinski definition) is 6. The molecule has 0 N–H and O–H groups in total. The van der Waals surface area contributed by atoms with Crippen LogP contribution in [-0.2, 0) is 6.54 Å². The molecule has 4 rings (SSSR count). The zero-order chi connectivity index (χ0) is 19.0. The van der Waals surface area contributed by atoms with E-state index in [1.807, 2.05) is 26.1 Å². The summed E-state index contributed by atoms with van der Waals surface area (Å²) < 4.78 is 31.3. The lowest BCUT2D eigenvalue weighted by molar-refractivity contribution is 0.160. The van der Waals surface area contributed by atoms with Gasteiger partial charge in [0.2, 0.25) is 5.88 Å². The molecule has 2 aromatic rings. The van der Waals surface area contributed by atoms with E-state index in [9.17, 15) is 4.39 Å². The second-order valence-corrected chi connectivity index (χ2v) is 7.28. The molecule has 0 saturated carbocycles. The van der Waals surface area contributed by atoms with Crippen LogP contribution in [0.25, 0.3) is 0 Å². The summed E-state index contributed by atoms with van der Waals surface area (Å²) in [7, 11) is 0. The molecule has 144 valence electrons. The smallest absolute Gasteiger partial charge is 0.257 e. The third-order valence-electron chi connectivity index (χ3n) is 5.21. The Labute approximate surface area is 158 Å². The van der Waals surface area contributed by atoms with E-state index >= 15 is 0 Å². The first-order valence-electron chi connectivity index (χ1n) is 9.28. The van der Waals surface area contributed by atoms with E-state index < -0.39 is 0 Å². The number of hydrogen-bond donors (Lipinski definition) is 0. The Balaban J connectivity index is 1.43. The second kappa shape index (κ2) is 7.31. The van der Waals surface area contributed by atoms with Crippen LogP contribution in [0.3, 0.4) is 0 Å². The number of ether oxygens (including phenoxy) is 3. The van der Waals surface area contributed by atoms with Crippen molar-refractivity contribution in [3.8, 4) is 17.5 Å². The van der Waals surface area contributed by atoms with Crippen molar-refractivity contribution in [3.63, 3.8) is 0 Å². The predicted molar refractivity (Wildman–Crippen MR) is 97.8 cm³/mol. The minimum Gasteiger partial charge on any atom is -0.484 e. The van der Waals surface area contributed by atoms with E-state index in [1.165, 1.54) is 6.07 Å². The normalized spacial score (nSPS) is 22.1. The number of pyridine rings is 2. The Morgan fingerprint density at radius 3 is 2.85 bits per heavy atom. The molecule has 0 aromatic carbocycles. The molecule has 27 heavy (non-hydrogen) atoms. The van der Waals surface area contributed by atoms with Crippen LogP contribution < -0.4 is 14.2 Å². The van der Waals surface area contributed by atoms with Crippen LogP contribution in [-0.4, -0.2) is 46.8 Å². The molecule has 1 fully saturated rings. The fourth-order valence-electron chi connectivity index (χ4n) is 3.48. The second-order valence-electron chi connectivity index (χ2n) is 7.28. The summed E-state index contributed by atoms with van der Waals surface area (Å²) in [6, 6.07) is 3.59. The standard InChI is InChI=1S/C20H24FN3O3/c1-12-6-19(22-9-13(12)2)27-15-7-14(3)24(10-15)11-17-16(21)8-18-20(23-17)26-5-4-25-18/h6,8-9,14-15H,4-5,7,10-11H2,1-3H3/t14-,15+/m0/s1. The minimum atomic E-state index is -0.369. The summed E-state index contributed by atoms with van der Waals surface area (Å²) in [6.45, 7) is 8.15. The molecule has 0 radical (unpaired) electrons. The number of aryl methyl sites for hydroxylation is 2. The molecule has 6 nitrogen and oxygen atoms in total. The van der Waals surface area contributed by atoms with Crippen molar-refractivity contribution in [3.05, 3.63) is 41.0 Å². The van der Waals surface area contributed by atoms with Gasteiger partial charge in [-0.1, -0.05) is 0 Å². The van der Waals surface area contributed by atoms with Crippen LogP contribution in [0, 0.1) is 19.7 Å². The Hall–Kier alpha value is -2.41. The van der Waals surface area contributed by atoms with E-state index in [2.05, 4.69) is 21.8 Å². The average molecular weight is 373 g/mol. The van der Waals surface area contributed by atoms with Gasteiger partial charge in [0.15, 0.2) is 5.75 Å². The monoisotopic (exact) mass is 373 g/mol. The first kappa shape index (κ1) is 18.0. The number of aromatic nitrogens is 2. The van der Waals surface area contributed by atoms with Crippen LogP contribution >= 0.6 is 0 Å². The Morgan fingerprint density at radius 1 is 1.22 bits per heavy atom. The van der Waals surface area contributed by atoms with Crippen LogP contribution in [0.15, 0.2) is 18.3 Å². The molecule has 2 aromatic heterocycles. The van der Waals surface area contributed by atoms with E-state index in [4.69, 9.17) is 14.2 Å². The van der Waals surface area contributed by atoms with Crippen LogP contribution in [0.2, 0.25) is 0 Å². The molecule has 2 atom stereocenters. The fraction of sp³-hybridized carbons (Fsp3) is 0.500. The first-order valence-corrected chi connectivity index (χ1v) is 9.28. The average Bonchev–Trinajstić information content (AvgIpc) is 2.98. The van der Waals surface area contributed by atoms with Crippen molar-refractivity contribution in [1.29, 1.82) is 0 Å². The van der Waals surface area contributed by atoms with Crippen molar-refractivity contribution in [2.45, 2.75) is 45.9 Å². The Bertz CT molecular complexity index is 845. The molecule has 1 saturated heterocycles. The SMILES string of the molecule is Cc1cnc(O[C@@H]2C[C@H](C)N(Cc3nc4c(cc3F)OCCO4)C2)cc1C. The van der Waals surface area contributed by atoms with E-state index in [0.29, 0.717) is 49.5 Å². The van der Waals surface area contributed by atoms with Crippen LogP contribution in [0.4, 0.5) is 4.39 Å². The molecule has 0 aliphatic carbocycles. The molecule has 2 aliphatic heterocycles. The lowest BCUT2D eigenvalue weighted by Crippen LogP contribution is -2.29. The molecule has 0 spiro atoms. The summed E-state index contributed by atoms with van der Waals surface area (Å²) in [4.78, 5) is 10.9. The minimum absolute atomic E-state index is 0.0230. The van der Waals surface area contributed by atoms with E-state index in [0.717, 1.165) is 17.5 Å². The van der Waals surface area contributed by atoms with Crippen molar-refractivity contribution >= 4 is 0 Å². The van der Waals surface area contributed by atoms with Gasteiger partial charge in [0.05, 0.1) is 5.69 Å². The van der Waals surface area contributed by atoms with Gasteiger partial charge >= 0.3 is 0 Å². The molecule has 7 heteroatoms. The molecule has 4 heterocycles. The third kappa shape index (κ3) is 3.83. The highest BCUT2D eigenvalue weighted by molar-refractivity contribution is 5.36. The summed E-state index contributed by atoms with van der Waals surface area (Å²) >= 11 is 0. The number of nitrogens with zero attached hydrogens (tertiary/aromatic N) is 3. The van der Waals surface area contributed by atoms with Gasteiger partial charge in [0, 0.05) is 43.9 Å². The van der Waals surface area contributed by atoms with Gasteiger partial charge in [0.25, 0.3) is 5.88 Å². The quantitative estimate of drug-likeness (QED) is 0.821.